The van der Waals surface area contributed by atoms with Crippen LogP contribution in [0.4, 0.5) is 0 Å². The van der Waals surface area contributed by atoms with Gasteiger partial charge in [0.05, 0.1) is 6.10 Å². The van der Waals surface area contributed by atoms with Crippen molar-refractivity contribution in [3.63, 3.8) is 0 Å². The molecule has 0 bridgehead atoms. The maximum Gasteiger partial charge on any atom is 0.306 e. The maximum atomic E-state index is 12.1. The molecule has 3 heteroatoms. The number of rotatable bonds is 3. The Hall–Kier alpha value is -2.39. The van der Waals surface area contributed by atoms with Crippen molar-refractivity contribution < 1.29 is 14.3 Å². The summed E-state index contributed by atoms with van der Waals surface area (Å²) in [6.45, 7) is 4.29. The van der Waals surface area contributed by atoms with Gasteiger partial charge in [0.25, 0.3) is 0 Å². The summed E-state index contributed by atoms with van der Waals surface area (Å²) in [5, 5.41) is 0. The van der Waals surface area contributed by atoms with Gasteiger partial charge in [0.1, 0.15) is 6.10 Å². The highest BCUT2D eigenvalue weighted by molar-refractivity contribution is 5.79. The average molecular weight is 320 g/mol. The quantitative estimate of drug-likeness (QED) is 0.791. The standard InChI is InChI=1S/C21H20O3/c1-15(16-8-4-2-5-9-16)21-14-18(17-10-6-3-7-11-17)23-19(21)12-13-20(22)24-21/h2-11,18-19H,1,12-14H2. The van der Waals surface area contributed by atoms with E-state index >= 15 is 0 Å². The lowest BCUT2D eigenvalue weighted by Crippen LogP contribution is -2.47. The summed E-state index contributed by atoms with van der Waals surface area (Å²) in [5.74, 6) is -0.166. The Bertz CT molecular complexity index is 753. The van der Waals surface area contributed by atoms with E-state index < -0.39 is 5.60 Å². The lowest BCUT2D eigenvalue weighted by atomic mass is 9.79. The molecule has 3 atom stereocenters. The van der Waals surface area contributed by atoms with Gasteiger partial charge in [-0.3, -0.25) is 4.79 Å². The molecule has 0 spiro atoms. The third kappa shape index (κ3) is 2.45. The van der Waals surface area contributed by atoms with Crippen molar-refractivity contribution in [1.29, 1.82) is 0 Å². The summed E-state index contributed by atoms with van der Waals surface area (Å²) in [6.07, 6.45) is 1.46. The van der Waals surface area contributed by atoms with Crippen molar-refractivity contribution in [3.8, 4) is 0 Å². The molecule has 2 aliphatic rings. The van der Waals surface area contributed by atoms with E-state index in [1.807, 2.05) is 48.5 Å². The second-order valence-electron chi connectivity index (χ2n) is 6.47. The predicted octanol–water partition coefficient (Wildman–Crippen LogP) is 4.31. The number of carbonyl (C=O) groups is 1. The molecule has 2 aliphatic heterocycles. The number of esters is 1. The van der Waals surface area contributed by atoms with Crippen LogP contribution in [0.25, 0.3) is 5.57 Å². The largest absolute Gasteiger partial charge is 0.451 e. The zero-order valence-electron chi connectivity index (χ0n) is 13.5. The van der Waals surface area contributed by atoms with Crippen molar-refractivity contribution in [2.45, 2.75) is 37.1 Å². The van der Waals surface area contributed by atoms with E-state index in [-0.39, 0.29) is 18.2 Å². The van der Waals surface area contributed by atoms with Crippen LogP contribution in [0, 0.1) is 0 Å². The average Bonchev–Trinajstić information content (AvgIpc) is 3.02. The monoisotopic (exact) mass is 320 g/mol. The van der Waals surface area contributed by atoms with Crippen molar-refractivity contribution >= 4 is 11.5 Å². The molecule has 0 amide bonds. The van der Waals surface area contributed by atoms with Crippen molar-refractivity contribution in [1.82, 2.24) is 0 Å². The first-order chi connectivity index (χ1) is 11.7. The molecule has 0 saturated carbocycles. The lowest BCUT2D eigenvalue weighted by Gasteiger charge is -2.38. The molecular weight excluding hydrogens is 300 g/mol. The van der Waals surface area contributed by atoms with E-state index in [0.29, 0.717) is 19.3 Å². The molecule has 2 aromatic rings. The molecule has 3 unspecified atom stereocenters. The van der Waals surface area contributed by atoms with Crippen molar-refractivity contribution in [2.24, 2.45) is 0 Å². The van der Waals surface area contributed by atoms with Crippen molar-refractivity contribution in [2.75, 3.05) is 0 Å². The summed E-state index contributed by atoms with van der Waals surface area (Å²) in [7, 11) is 0. The van der Waals surface area contributed by atoms with E-state index in [4.69, 9.17) is 9.47 Å². The Morgan fingerprint density at radius 2 is 1.71 bits per heavy atom. The molecule has 3 nitrogen and oxygen atoms in total. The number of carbonyl (C=O) groups excluding carboxylic acids is 1. The zero-order chi connectivity index (χ0) is 16.6. The van der Waals surface area contributed by atoms with Crippen LogP contribution >= 0.6 is 0 Å². The number of benzene rings is 2. The smallest absolute Gasteiger partial charge is 0.306 e. The molecule has 4 rings (SSSR count). The first-order valence-corrected chi connectivity index (χ1v) is 8.36. The van der Waals surface area contributed by atoms with Crippen LogP contribution in [0.1, 0.15) is 36.5 Å². The SMILES string of the molecule is C=C(c1ccccc1)C12CC(c3ccccc3)OC1CCC(=O)O2. The van der Waals surface area contributed by atoms with Crippen LogP contribution in [0.3, 0.4) is 0 Å². The summed E-state index contributed by atoms with van der Waals surface area (Å²) in [4.78, 5) is 12.1. The Morgan fingerprint density at radius 1 is 1.04 bits per heavy atom. The second kappa shape index (κ2) is 5.91. The van der Waals surface area contributed by atoms with Crippen LogP contribution in [0.2, 0.25) is 0 Å². The molecule has 0 N–H and O–H groups in total. The Labute approximate surface area is 141 Å². The van der Waals surface area contributed by atoms with Gasteiger partial charge in [0, 0.05) is 12.8 Å². The minimum Gasteiger partial charge on any atom is -0.451 e. The van der Waals surface area contributed by atoms with Crippen LogP contribution in [0.5, 0.6) is 0 Å². The molecule has 2 fully saturated rings. The van der Waals surface area contributed by atoms with Gasteiger partial charge >= 0.3 is 5.97 Å². The minimum absolute atomic E-state index is 0.0810. The van der Waals surface area contributed by atoms with Crippen LogP contribution in [0.15, 0.2) is 67.2 Å². The highest BCUT2D eigenvalue weighted by Gasteiger charge is 2.56. The maximum absolute atomic E-state index is 12.1. The fourth-order valence-electron chi connectivity index (χ4n) is 3.80. The summed E-state index contributed by atoms with van der Waals surface area (Å²) in [5.41, 5.74) is 2.18. The number of hydrogen-bond donors (Lipinski definition) is 0. The van der Waals surface area contributed by atoms with E-state index in [1.165, 1.54) is 0 Å². The summed E-state index contributed by atoms with van der Waals surface area (Å²) in [6, 6.07) is 20.0. The number of ether oxygens (including phenoxy) is 2. The normalized spacial score (nSPS) is 28.9. The lowest BCUT2D eigenvalue weighted by molar-refractivity contribution is -0.167. The van der Waals surface area contributed by atoms with Gasteiger partial charge in [-0.15, -0.1) is 0 Å². The third-order valence-electron chi connectivity index (χ3n) is 5.05. The predicted molar refractivity (Wildman–Crippen MR) is 92.2 cm³/mol. The molecular formula is C21H20O3. The van der Waals surface area contributed by atoms with E-state index in [2.05, 4.69) is 18.7 Å². The molecule has 24 heavy (non-hydrogen) atoms. The molecule has 0 aromatic heterocycles. The highest BCUT2D eigenvalue weighted by Crippen LogP contribution is 2.51. The van der Waals surface area contributed by atoms with Gasteiger partial charge in [-0.2, -0.15) is 0 Å². The van der Waals surface area contributed by atoms with Gasteiger partial charge in [-0.1, -0.05) is 67.2 Å². The van der Waals surface area contributed by atoms with E-state index in [1.54, 1.807) is 0 Å². The number of fused-ring (bicyclic) bond motifs is 1. The third-order valence-corrected chi connectivity index (χ3v) is 5.05. The van der Waals surface area contributed by atoms with Gasteiger partial charge < -0.3 is 9.47 Å². The Balaban J connectivity index is 1.71. The van der Waals surface area contributed by atoms with E-state index in [0.717, 1.165) is 16.7 Å². The summed E-state index contributed by atoms with van der Waals surface area (Å²) >= 11 is 0. The van der Waals surface area contributed by atoms with Crippen molar-refractivity contribution in [3.05, 3.63) is 78.4 Å². The number of hydrogen-bond acceptors (Lipinski definition) is 3. The fourth-order valence-corrected chi connectivity index (χ4v) is 3.80. The first kappa shape index (κ1) is 15.2. The summed E-state index contributed by atoms with van der Waals surface area (Å²) < 4.78 is 12.2. The Kier molecular flexibility index (Phi) is 3.73. The van der Waals surface area contributed by atoms with Crippen LogP contribution in [-0.2, 0) is 14.3 Å². The van der Waals surface area contributed by atoms with Gasteiger partial charge in [-0.25, -0.2) is 0 Å². The minimum atomic E-state index is -0.767. The molecule has 0 aliphatic carbocycles. The molecule has 2 saturated heterocycles. The Morgan fingerprint density at radius 3 is 2.42 bits per heavy atom. The van der Waals surface area contributed by atoms with Gasteiger partial charge in [0.2, 0.25) is 0 Å². The fraction of sp³-hybridized carbons (Fsp3) is 0.286. The zero-order valence-corrected chi connectivity index (χ0v) is 13.5. The molecule has 2 heterocycles. The highest BCUT2D eigenvalue weighted by atomic mass is 16.6. The topological polar surface area (TPSA) is 35.5 Å². The first-order valence-electron chi connectivity index (χ1n) is 8.36. The van der Waals surface area contributed by atoms with Crippen LogP contribution < -0.4 is 0 Å². The molecule has 122 valence electrons. The van der Waals surface area contributed by atoms with E-state index in [9.17, 15) is 4.79 Å². The molecule has 0 radical (unpaired) electrons. The van der Waals surface area contributed by atoms with Gasteiger partial charge in [-0.05, 0) is 23.1 Å². The van der Waals surface area contributed by atoms with Crippen LogP contribution in [-0.4, -0.2) is 17.7 Å². The van der Waals surface area contributed by atoms with Gasteiger partial charge in [0.15, 0.2) is 5.60 Å². The molecule has 2 aromatic carbocycles. The second-order valence-corrected chi connectivity index (χ2v) is 6.47.